The molecule has 0 radical (unpaired) electrons. The van der Waals surface area contributed by atoms with Gasteiger partial charge in [0.25, 0.3) is 0 Å². The summed E-state index contributed by atoms with van der Waals surface area (Å²) in [6.07, 6.45) is 1.12. The van der Waals surface area contributed by atoms with E-state index >= 15 is 0 Å². The minimum atomic E-state index is -0.207. The highest BCUT2D eigenvalue weighted by molar-refractivity contribution is 5.80. The van der Waals surface area contributed by atoms with E-state index in [1.54, 1.807) is 6.92 Å². The fraction of sp³-hybridized carbons (Fsp3) is 0.423. The summed E-state index contributed by atoms with van der Waals surface area (Å²) in [5, 5.41) is 2.96. The van der Waals surface area contributed by atoms with Crippen LogP contribution in [0.5, 0.6) is 0 Å². The number of carbonyl (C=O) groups excluding carboxylic acids is 3. The number of piperazine rings is 1. The van der Waals surface area contributed by atoms with Gasteiger partial charge in [-0.1, -0.05) is 54.6 Å². The van der Waals surface area contributed by atoms with Crippen LogP contribution in [-0.4, -0.2) is 71.7 Å². The van der Waals surface area contributed by atoms with Crippen molar-refractivity contribution in [1.29, 1.82) is 0 Å². The first-order valence-electron chi connectivity index (χ1n) is 11.7. The third kappa shape index (κ3) is 5.79. The molecule has 174 valence electrons. The molecule has 2 aliphatic heterocycles. The zero-order valence-electron chi connectivity index (χ0n) is 19.2. The molecule has 1 unspecified atom stereocenters. The summed E-state index contributed by atoms with van der Waals surface area (Å²) in [5.74, 6) is 0.0688. The fourth-order valence-electron chi connectivity index (χ4n) is 4.75. The molecule has 3 amide bonds. The number of hydrogen-bond donors (Lipinski definition) is 1. The zero-order chi connectivity index (χ0) is 23.2. The van der Waals surface area contributed by atoms with Crippen LogP contribution in [0.4, 0.5) is 0 Å². The van der Waals surface area contributed by atoms with Crippen LogP contribution in [0.15, 0.2) is 54.6 Å². The minimum absolute atomic E-state index is 0.00505. The van der Waals surface area contributed by atoms with Gasteiger partial charge in [0.1, 0.15) is 0 Å². The van der Waals surface area contributed by atoms with E-state index in [1.807, 2.05) is 58.3 Å². The summed E-state index contributed by atoms with van der Waals surface area (Å²) in [5.41, 5.74) is 3.38. The van der Waals surface area contributed by atoms with Crippen LogP contribution in [0.2, 0.25) is 0 Å². The van der Waals surface area contributed by atoms with E-state index < -0.39 is 0 Å². The number of amides is 3. The first-order chi connectivity index (χ1) is 16.0. The SMILES string of the molecule is CC(=O)N1CCc2ccccc2C1CC(=O)N1CCN(CC(=O)NCc2ccccc2)CC1. The summed E-state index contributed by atoms with van der Waals surface area (Å²) in [6.45, 7) is 5.61. The molecule has 2 heterocycles. The van der Waals surface area contributed by atoms with Gasteiger partial charge in [0.05, 0.1) is 19.0 Å². The van der Waals surface area contributed by atoms with Crippen LogP contribution >= 0.6 is 0 Å². The molecule has 4 rings (SSSR count). The highest BCUT2D eigenvalue weighted by Crippen LogP contribution is 2.32. The molecule has 7 heteroatoms. The number of nitrogens with one attached hydrogen (secondary N) is 1. The predicted octanol–water partition coefficient (Wildman–Crippen LogP) is 1.98. The van der Waals surface area contributed by atoms with Crippen molar-refractivity contribution in [1.82, 2.24) is 20.0 Å². The quantitative estimate of drug-likeness (QED) is 0.734. The Morgan fingerprint density at radius 3 is 2.33 bits per heavy atom. The van der Waals surface area contributed by atoms with E-state index in [2.05, 4.69) is 16.3 Å². The average Bonchev–Trinajstić information content (AvgIpc) is 2.84. The van der Waals surface area contributed by atoms with Gasteiger partial charge in [-0.2, -0.15) is 0 Å². The van der Waals surface area contributed by atoms with Crippen LogP contribution in [0, 0.1) is 0 Å². The van der Waals surface area contributed by atoms with Crippen molar-refractivity contribution >= 4 is 17.7 Å². The number of hydrogen-bond acceptors (Lipinski definition) is 4. The molecule has 1 fully saturated rings. The lowest BCUT2D eigenvalue weighted by atomic mass is 9.90. The number of carbonyl (C=O) groups is 3. The van der Waals surface area contributed by atoms with Gasteiger partial charge in [0, 0.05) is 46.2 Å². The molecule has 0 aliphatic carbocycles. The van der Waals surface area contributed by atoms with Crippen molar-refractivity contribution in [2.75, 3.05) is 39.3 Å². The van der Waals surface area contributed by atoms with Crippen molar-refractivity contribution in [2.24, 2.45) is 0 Å². The molecular formula is C26H32N4O3. The van der Waals surface area contributed by atoms with Gasteiger partial charge in [-0.15, -0.1) is 0 Å². The van der Waals surface area contributed by atoms with E-state index in [0.29, 0.717) is 52.2 Å². The summed E-state index contributed by atoms with van der Waals surface area (Å²) in [6, 6.07) is 17.8. The third-order valence-corrected chi connectivity index (χ3v) is 6.61. The maximum absolute atomic E-state index is 13.1. The fourth-order valence-corrected chi connectivity index (χ4v) is 4.75. The number of nitrogens with zero attached hydrogens (tertiary/aromatic N) is 3. The lowest BCUT2D eigenvalue weighted by molar-refractivity contribution is -0.137. The largest absolute Gasteiger partial charge is 0.351 e. The Balaban J connectivity index is 1.27. The second-order valence-electron chi connectivity index (χ2n) is 8.80. The highest BCUT2D eigenvalue weighted by atomic mass is 16.2. The lowest BCUT2D eigenvalue weighted by Crippen LogP contribution is -2.51. The Kier molecular flexibility index (Phi) is 7.40. The molecule has 1 saturated heterocycles. The Morgan fingerprint density at radius 1 is 0.909 bits per heavy atom. The maximum atomic E-state index is 13.1. The van der Waals surface area contributed by atoms with Crippen molar-refractivity contribution in [2.45, 2.75) is 32.4 Å². The van der Waals surface area contributed by atoms with E-state index in [1.165, 1.54) is 5.56 Å². The lowest BCUT2D eigenvalue weighted by Gasteiger charge is -2.39. The number of fused-ring (bicyclic) bond motifs is 1. The molecule has 0 aromatic heterocycles. The van der Waals surface area contributed by atoms with E-state index in [4.69, 9.17) is 0 Å². The second kappa shape index (κ2) is 10.6. The van der Waals surface area contributed by atoms with Gasteiger partial charge in [-0.3, -0.25) is 19.3 Å². The highest BCUT2D eigenvalue weighted by Gasteiger charge is 2.32. The van der Waals surface area contributed by atoms with Crippen LogP contribution in [-0.2, 0) is 27.3 Å². The molecule has 1 N–H and O–H groups in total. The zero-order valence-corrected chi connectivity index (χ0v) is 19.2. The normalized spacial score (nSPS) is 18.5. The molecular weight excluding hydrogens is 416 g/mol. The van der Waals surface area contributed by atoms with Gasteiger partial charge in [-0.05, 0) is 23.1 Å². The Morgan fingerprint density at radius 2 is 1.61 bits per heavy atom. The maximum Gasteiger partial charge on any atom is 0.234 e. The molecule has 2 aromatic carbocycles. The van der Waals surface area contributed by atoms with Gasteiger partial charge < -0.3 is 15.1 Å². The van der Waals surface area contributed by atoms with Crippen molar-refractivity contribution in [3.63, 3.8) is 0 Å². The standard InChI is InChI=1S/C26H32N4O3/c1-20(31)30-12-11-22-9-5-6-10-23(22)24(30)17-26(33)29-15-13-28(14-16-29)19-25(32)27-18-21-7-3-2-4-8-21/h2-10,24H,11-19H2,1H3,(H,27,32). The molecule has 0 saturated carbocycles. The van der Waals surface area contributed by atoms with Crippen molar-refractivity contribution in [3.8, 4) is 0 Å². The van der Waals surface area contributed by atoms with E-state index in [9.17, 15) is 14.4 Å². The van der Waals surface area contributed by atoms with Gasteiger partial charge in [0.15, 0.2) is 0 Å². The van der Waals surface area contributed by atoms with Crippen LogP contribution < -0.4 is 5.32 Å². The first kappa shape index (κ1) is 23.0. The summed E-state index contributed by atoms with van der Waals surface area (Å²) >= 11 is 0. The van der Waals surface area contributed by atoms with Crippen molar-refractivity contribution < 1.29 is 14.4 Å². The Hall–Kier alpha value is -3.19. The molecule has 7 nitrogen and oxygen atoms in total. The molecule has 2 aromatic rings. The van der Waals surface area contributed by atoms with Crippen LogP contribution in [0.25, 0.3) is 0 Å². The van der Waals surface area contributed by atoms with Gasteiger partial charge in [0.2, 0.25) is 17.7 Å². The average molecular weight is 449 g/mol. The predicted molar refractivity (Wildman–Crippen MR) is 126 cm³/mol. The Bertz CT molecular complexity index is 986. The first-order valence-corrected chi connectivity index (χ1v) is 11.7. The summed E-state index contributed by atoms with van der Waals surface area (Å²) < 4.78 is 0. The Labute approximate surface area is 195 Å². The topological polar surface area (TPSA) is 73.0 Å². The van der Waals surface area contributed by atoms with Crippen LogP contribution in [0.1, 0.15) is 36.1 Å². The molecule has 0 bridgehead atoms. The number of benzene rings is 2. The van der Waals surface area contributed by atoms with E-state index in [-0.39, 0.29) is 23.8 Å². The van der Waals surface area contributed by atoms with Crippen LogP contribution in [0.3, 0.4) is 0 Å². The smallest absolute Gasteiger partial charge is 0.234 e. The minimum Gasteiger partial charge on any atom is -0.351 e. The van der Waals surface area contributed by atoms with E-state index in [0.717, 1.165) is 17.5 Å². The van der Waals surface area contributed by atoms with Crippen molar-refractivity contribution in [3.05, 3.63) is 71.3 Å². The molecule has 1 atom stereocenters. The molecule has 33 heavy (non-hydrogen) atoms. The molecule has 0 spiro atoms. The summed E-state index contributed by atoms with van der Waals surface area (Å²) in [7, 11) is 0. The summed E-state index contributed by atoms with van der Waals surface area (Å²) in [4.78, 5) is 43.4. The second-order valence-corrected chi connectivity index (χ2v) is 8.80. The monoisotopic (exact) mass is 448 g/mol. The van der Waals surface area contributed by atoms with Gasteiger partial charge >= 0.3 is 0 Å². The number of rotatable bonds is 6. The molecule has 2 aliphatic rings. The third-order valence-electron chi connectivity index (χ3n) is 6.61. The van der Waals surface area contributed by atoms with Gasteiger partial charge in [-0.25, -0.2) is 0 Å².